The Balaban J connectivity index is 2.45. The maximum atomic E-state index is 14.3. The van der Waals surface area contributed by atoms with E-state index < -0.39 is 17.9 Å². The normalized spacial score (nSPS) is 12.0. The molecule has 0 saturated carbocycles. The summed E-state index contributed by atoms with van der Waals surface area (Å²) in [5.41, 5.74) is 1.95. The van der Waals surface area contributed by atoms with Gasteiger partial charge in [0, 0.05) is 23.7 Å². The van der Waals surface area contributed by atoms with Gasteiger partial charge in [-0.05, 0) is 41.8 Å². The molecule has 0 heterocycles. The third kappa shape index (κ3) is 4.28. The molecule has 0 aromatic heterocycles. The molecular weight excluding hydrogens is 399 g/mol. The molecule has 0 radical (unpaired) electrons. The third-order valence-electron chi connectivity index (χ3n) is 3.62. The number of rotatable bonds is 5. The van der Waals surface area contributed by atoms with Crippen molar-refractivity contribution in [1.82, 2.24) is 0 Å². The lowest BCUT2D eigenvalue weighted by Crippen LogP contribution is -2.20. The Morgan fingerprint density at radius 1 is 1.38 bits per heavy atom. The SMILES string of the molecule is CC(=O)O[C@H](CBr)Cc1ccc(F)c(-c2ccc(Cl)cc2C)c1O. The first kappa shape index (κ1) is 18.7. The number of aryl methyl sites for hydroxylation is 1. The van der Waals surface area contributed by atoms with Crippen LogP contribution >= 0.6 is 27.5 Å². The minimum Gasteiger partial charge on any atom is -0.507 e. The van der Waals surface area contributed by atoms with Gasteiger partial charge >= 0.3 is 5.97 Å². The van der Waals surface area contributed by atoms with E-state index in [0.29, 0.717) is 21.5 Å². The molecule has 0 fully saturated rings. The maximum absolute atomic E-state index is 14.3. The highest BCUT2D eigenvalue weighted by atomic mass is 79.9. The number of phenolic OH excluding ortho intramolecular Hbond substituents is 1. The number of benzene rings is 2. The molecule has 0 amide bonds. The summed E-state index contributed by atoms with van der Waals surface area (Å²) in [6.07, 6.45) is -0.172. The number of carbonyl (C=O) groups excluding carboxylic acids is 1. The second-order valence-electron chi connectivity index (χ2n) is 5.48. The van der Waals surface area contributed by atoms with E-state index >= 15 is 0 Å². The average Bonchev–Trinajstić information content (AvgIpc) is 2.50. The number of hydrogen-bond donors (Lipinski definition) is 1. The van der Waals surface area contributed by atoms with Crippen LogP contribution in [0.25, 0.3) is 11.1 Å². The smallest absolute Gasteiger partial charge is 0.302 e. The lowest BCUT2D eigenvalue weighted by Gasteiger charge is -2.17. The van der Waals surface area contributed by atoms with Gasteiger partial charge in [-0.3, -0.25) is 4.79 Å². The number of hydrogen-bond acceptors (Lipinski definition) is 3. The van der Waals surface area contributed by atoms with Crippen molar-refractivity contribution in [1.29, 1.82) is 0 Å². The fourth-order valence-electron chi connectivity index (χ4n) is 2.55. The Hall–Kier alpha value is -1.59. The number of aromatic hydroxyl groups is 1. The molecule has 24 heavy (non-hydrogen) atoms. The molecule has 0 aliphatic rings. The molecule has 2 rings (SSSR count). The lowest BCUT2D eigenvalue weighted by molar-refractivity contribution is -0.145. The van der Waals surface area contributed by atoms with Crippen molar-refractivity contribution in [2.24, 2.45) is 0 Å². The first-order valence-electron chi connectivity index (χ1n) is 7.33. The monoisotopic (exact) mass is 414 g/mol. The van der Waals surface area contributed by atoms with Gasteiger partial charge in [0.15, 0.2) is 0 Å². The first-order valence-corrected chi connectivity index (χ1v) is 8.83. The van der Waals surface area contributed by atoms with E-state index in [-0.39, 0.29) is 17.7 Å². The molecule has 0 aliphatic carbocycles. The Kier molecular flexibility index (Phi) is 6.24. The third-order valence-corrected chi connectivity index (χ3v) is 4.58. The van der Waals surface area contributed by atoms with Crippen molar-refractivity contribution < 1.29 is 19.0 Å². The number of esters is 1. The van der Waals surface area contributed by atoms with Gasteiger partial charge in [-0.25, -0.2) is 4.39 Å². The molecule has 0 unspecified atom stereocenters. The molecule has 128 valence electrons. The molecular formula is C18H17BrClFO3. The molecule has 1 atom stereocenters. The molecule has 2 aromatic rings. The average molecular weight is 416 g/mol. The van der Waals surface area contributed by atoms with Crippen LogP contribution in [0.2, 0.25) is 5.02 Å². The molecule has 3 nitrogen and oxygen atoms in total. The second kappa shape index (κ2) is 7.99. The van der Waals surface area contributed by atoms with E-state index in [9.17, 15) is 14.3 Å². The topological polar surface area (TPSA) is 46.5 Å². The van der Waals surface area contributed by atoms with Crippen LogP contribution in [0.4, 0.5) is 4.39 Å². The second-order valence-corrected chi connectivity index (χ2v) is 6.56. The lowest BCUT2D eigenvalue weighted by atomic mass is 9.95. The van der Waals surface area contributed by atoms with Crippen LogP contribution in [0.5, 0.6) is 5.75 Å². The van der Waals surface area contributed by atoms with E-state index in [0.717, 1.165) is 5.56 Å². The van der Waals surface area contributed by atoms with Crippen molar-refractivity contribution in [3.63, 3.8) is 0 Å². The zero-order valence-corrected chi connectivity index (χ0v) is 15.6. The van der Waals surface area contributed by atoms with Gasteiger partial charge in [0.1, 0.15) is 17.7 Å². The molecule has 6 heteroatoms. The van der Waals surface area contributed by atoms with Gasteiger partial charge in [-0.15, -0.1) is 0 Å². The van der Waals surface area contributed by atoms with Crippen LogP contribution in [-0.4, -0.2) is 22.5 Å². The first-order chi connectivity index (χ1) is 11.3. The Morgan fingerprint density at radius 3 is 2.67 bits per heavy atom. The zero-order chi connectivity index (χ0) is 17.9. The van der Waals surface area contributed by atoms with Crippen molar-refractivity contribution in [2.45, 2.75) is 26.4 Å². The Morgan fingerprint density at radius 2 is 2.08 bits per heavy atom. The van der Waals surface area contributed by atoms with Crippen LogP contribution in [0, 0.1) is 12.7 Å². The highest BCUT2D eigenvalue weighted by Gasteiger charge is 2.20. The minimum absolute atomic E-state index is 0.123. The van der Waals surface area contributed by atoms with Gasteiger partial charge < -0.3 is 9.84 Å². The van der Waals surface area contributed by atoms with E-state index in [4.69, 9.17) is 16.3 Å². The van der Waals surface area contributed by atoms with Crippen LogP contribution in [0.3, 0.4) is 0 Å². The quantitative estimate of drug-likeness (QED) is 0.550. The summed E-state index contributed by atoms with van der Waals surface area (Å²) in [5, 5.41) is 11.5. The van der Waals surface area contributed by atoms with Crippen molar-refractivity contribution in [2.75, 3.05) is 5.33 Å². The number of halogens is 3. The summed E-state index contributed by atoms with van der Waals surface area (Å²) >= 11 is 9.22. The van der Waals surface area contributed by atoms with Crippen LogP contribution < -0.4 is 0 Å². The molecule has 0 bridgehead atoms. The summed E-state index contributed by atoms with van der Waals surface area (Å²) < 4.78 is 19.5. The maximum Gasteiger partial charge on any atom is 0.302 e. The summed E-state index contributed by atoms with van der Waals surface area (Å²) in [4.78, 5) is 11.1. The number of carbonyl (C=O) groups is 1. The van der Waals surface area contributed by atoms with Crippen molar-refractivity contribution >= 4 is 33.5 Å². The number of phenols is 1. The van der Waals surface area contributed by atoms with Gasteiger partial charge in [-0.2, -0.15) is 0 Å². The van der Waals surface area contributed by atoms with Crippen LogP contribution in [-0.2, 0) is 16.0 Å². The van der Waals surface area contributed by atoms with E-state index in [1.165, 1.54) is 19.1 Å². The molecule has 0 saturated heterocycles. The van der Waals surface area contributed by atoms with Gasteiger partial charge in [-0.1, -0.05) is 39.7 Å². The summed E-state index contributed by atoms with van der Waals surface area (Å²) in [5.74, 6) is -1.09. The fraction of sp³-hybridized carbons (Fsp3) is 0.278. The predicted octanol–water partition coefficient (Wildman–Crippen LogP) is 5.03. The van der Waals surface area contributed by atoms with E-state index in [1.54, 1.807) is 25.1 Å². The summed E-state index contributed by atoms with van der Waals surface area (Å²) in [6, 6.07) is 7.84. The summed E-state index contributed by atoms with van der Waals surface area (Å²) in [7, 11) is 0. The van der Waals surface area contributed by atoms with Crippen molar-refractivity contribution in [3.05, 3.63) is 52.3 Å². The van der Waals surface area contributed by atoms with E-state index in [1.807, 2.05) is 0 Å². The largest absolute Gasteiger partial charge is 0.507 e. The Labute approximate surface area is 153 Å². The standard InChI is InChI=1S/C18H17BrClFO3/c1-10-7-13(20)4-5-15(10)17-16(21)6-3-12(18(17)23)8-14(9-19)24-11(2)22/h3-7,14,23H,8-9H2,1-2H3/t14-/m0/s1. The van der Waals surface area contributed by atoms with Gasteiger partial charge in [0.2, 0.25) is 0 Å². The zero-order valence-electron chi connectivity index (χ0n) is 13.3. The fourth-order valence-corrected chi connectivity index (χ4v) is 3.13. The van der Waals surface area contributed by atoms with E-state index in [2.05, 4.69) is 15.9 Å². The highest BCUT2D eigenvalue weighted by molar-refractivity contribution is 9.09. The molecule has 2 aromatic carbocycles. The van der Waals surface area contributed by atoms with Gasteiger partial charge in [0.25, 0.3) is 0 Å². The molecule has 1 N–H and O–H groups in total. The number of ether oxygens (including phenoxy) is 1. The molecule has 0 aliphatic heterocycles. The highest BCUT2D eigenvalue weighted by Crippen LogP contribution is 2.38. The predicted molar refractivity (Wildman–Crippen MR) is 96.3 cm³/mol. The minimum atomic E-state index is -0.524. The van der Waals surface area contributed by atoms with Crippen LogP contribution in [0.15, 0.2) is 30.3 Å². The van der Waals surface area contributed by atoms with Gasteiger partial charge in [0.05, 0.1) is 5.56 Å². The van der Waals surface area contributed by atoms with Crippen LogP contribution in [0.1, 0.15) is 18.1 Å². The van der Waals surface area contributed by atoms with Crippen molar-refractivity contribution in [3.8, 4) is 16.9 Å². The summed E-state index contributed by atoms with van der Waals surface area (Å²) in [6.45, 7) is 3.12. The molecule has 0 spiro atoms. The Bertz CT molecular complexity index is 764. The number of alkyl halides is 1.